The first-order valence-corrected chi connectivity index (χ1v) is 22.5. The van der Waals surface area contributed by atoms with Crippen LogP contribution in [0.1, 0.15) is 58.6 Å². The van der Waals surface area contributed by atoms with Crippen LogP contribution in [0.5, 0.6) is 11.5 Å². The molecule has 1 spiro atoms. The maximum atomic E-state index is 13.2. The van der Waals surface area contributed by atoms with Gasteiger partial charge in [0, 0.05) is 79.7 Å². The molecular weight excluding hydrogens is 909 g/mol. The van der Waals surface area contributed by atoms with Gasteiger partial charge in [0.15, 0.2) is 6.61 Å². The molecule has 2 atom stereocenters. The number of ether oxygens (including phenoxy) is 4. The van der Waals surface area contributed by atoms with Crippen molar-refractivity contribution in [3.63, 3.8) is 0 Å². The molecule has 3 fully saturated rings. The van der Waals surface area contributed by atoms with Crippen LogP contribution >= 0.6 is 23.2 Å². The molecule has 67 heavy (non-hydrogen) atoms. The van der Waals surface area contributed by atoms with Gasteiger partial charge >= 0.3 is 0 Å². The number of hydrogen-bond acceptors (Lipinski definition) is 14. The first kappa shape index (κ1) is 45.5. The highest BCUT2D eigenvalue weighted by Crippen LogP contribution is 2.42. The summed E-state index contributed by atoms with van der Waals surface area (Å²) >= 11 is 12.7. The molecule has 9 rings (SSSR count). The van der Waals surface area contributed by atoms with Crippen molar-refractivity contribution in [2.24, 2.45) is 5.41 Å². The van der Waals surface area contributed by atoms with Gasteiger partial charge in [0.25, 0.3) is 17.7 Å². The van der Waals surface area contributed by atoms with E-state index >= 15 is 0 Å². The zero-order valence-electron chi connectivity index (χ0n) is 36.2. The first-order chi connectivity index (χ1) is 32.4. The summed E-state index contributed by atoms with van der Waals surface area (Å²) in [5.41, 5.74) is 3.20. The Bertz CT molecular complexity index is 2740. The second-order valence-corrected chi connectivity index (χ2v) is 17.6. The molecule has 0 saturated carbocycles. The van der Waals surface area contributed by atoms with Gasteiger partial charge in [-0.2, -0.15) is 5.10 Å². The number of nitrogens with one attached hydrogen (secondary N) is 3. The van der Waals surface area contributed by atoms with Crippen LogP contribution in [0.25, 0.3) is 22.2 Å². The lowest BCUT2D eigenvalue weighted by Crippen LogP contribution is -2.73. The molecule has 2 aromatic carbocycles. The second kappa shape index (κ2) is 19.3. The molecule has 21 heteroatoms. The number of H-pyrrole nitrogens is 1. The number of pyridine rings is 2. The summed E-state index contributed by atoms with van der Waals surface area (Å²) in [5, 5.41) is 14.2. The molecule has 3 saturated heterocycles. The molecule has 6 amide bonds. The lowest BCUT2D eigenvalue weighted by Gasteiger charge is -2.60. The highest BCUT2D eigenvalue weighted by Gasteiger charge is 2.53. The molecular formula is C46H45Cl2N9O10. The smallest absolute Gasteiger partial charge is 0.266 e. The molecule has 4 aliphatic rings. The number of piperidine rings is 1. The van der Waals surface area contributed by atoms with E-state index in [4.69, 9.17) is 47.1 Å². The van der Waals surface area contributed by atoms with Gasteiger partial charge in [0.2, 0.25) is 17.7 Å². The predicted molar refractivity (Wildman–Crippen MR) is 242 cm³/mol. The lowest BCUT2D eigenvalue weighted by molar-refractivity contribution is -0.146. The van der Waals surface area contributed by atoms with Crippen molar-refractivity contribution in [2.75, 3.05) is 70.7 Å². The number of aromatic nitrogens is 4. The van der Waals surface area contributed by atoms with Crippen molar-refractivity contribution in [3.8, 4) is 22.8 Å². The van der Waals surface area contributed by atoms with Crippen LogP contribution in [-0.4, -0.2) is 137 Å². The summed E-state index contributed by atoms with van der Waals surface area (Å²) in [7, 11) is 0. The van der Waals surface area contributed by atoms with E-state index in [1.165, 1.54) is 18.2 Å². The van der Waals surface area contributed by atoms with E-state index < -0.39 is 48.3 Å². The lowest BCUT2D eigenvalue weighted by atomic mass is 9.72. The topological polar surface area (TPSA) is 228 Å². The van der Waals surface area contributed by atoms with Crippen LogP contribution < -0.4 is 25.0 Å². The number of carbonyl (C=O) groups excluding carboxylic acids is 6. The third-order valence-corrected chi connectivity index (χ3v) is 12.7. The van der Waals surface area contributed by atoms with Crippen LogP contribution in [0.4, 0.5) is 5.82 Å². The zero-order valence-corrected chi connectivity index (χ0v) is 37.7. The van der Waals surface area contributed by atoms with E-state index in [0.29, 0.717) is 34.4 Å². The number of amides is 6. The van der Waals surface area contributed by atoms with Gasteiger partial charge in [-0.25, -0.2) is 4.98 Å². The van der Waals surface area contributed by atoms with Gasteiger partial charge in [-0.05, 0) is 55.8 Å². The van der Waals surface area contributed by atoms with Gasteiger partial charge in [0.05, 0.1) is 59.5 Å². The average molecular weight is 955 g/mol. The number of likely N-dealkylation sites (tertiary alicyclic amines) is 1. The molecule has 3 N–H and O–H groups in total. The van der Waals surface area contributed by atoms with Gasteiger partial charge < -0.3 is 34.1 Å². The number of fused-ring (bicyclic) bond motifs is 2. The van der Waals surface area contributed by atoms with E-state index in [9.17, 15) is 28.8 Å². The third kappa shape index (κ3) is 9.49. The van der Waals surface area contributed by atoms with Crippen molar-refractivity contribution in [1.29, 1.82) is 0 Å². The van der Waals surface area contributed by atoms with Crippen LogP contribution in [0, 0.1) is 5.41 Å². The normalized spacial score (nSPS) is 17.8. The minimum Gasteiger partial charge on any atom is -0.486 e. The molecule has 3 aromatic heterocycles. The summed E-state index contributed by atoms with van der Waals surface area (Å²) < 4.78 is 23.0. The van der Waals surface area contributed by atoms with Crippen LogP contribution in [-0.2, 0) is 28.7 Å². The molecule has 0 aliphatic carbocycles. The van der Waals surface area contributed by atoms with E-state index in [1.807, 2.05) is 48.4 Å². The fourth-order valence-corrected chi connectivity index (χ4v) is 9.51. The Labute approximate surface area is 393 Å². The van der Waals surface area contributed by atoms with E-state index in [2.05, 4.69) is 30.7 Å². The quantitative estimate of drug-likeness (QED) is 0.0830. The Morgan fingerprint density at radius 3 is 2.45 bits per heavy atom. The highest BCUT2D eigenvalue weighted by molar-refractivity contribution is 6.35. The number of rotatable bonds is 18. The molecule has 4 aliphatic heterocycles. The summed E-state index contributed by atoms with van der Waals surface area (Å²) in [5.74, 6) is -1.49. The van der Waals surface area contributed by atoms with Gasteiger partial charge in [-0.1, -0.05) is 29.3 Å². The number of carbonyl (C=O) groups is 6. The fourth-order valence-electron chi connectivity index (χ4n) is 8.84. The molecule has 0 bridgehead atoms. The van der Waals surface area contributed by atoms with Crippen LogP contribution in [0.3, 0.4) is 0 Å². The Kier molecular flexibility index (Phi) is 13.1. The maximum absolute atomic E-state index is 13.2. The summed E-state index contributed by atoms with van der Waals surface area (Å²) in [6.07, 6.45) is 4.78. The van der Waals surface area contributed by atoms with Crippen molar-refractivity contribution < 1.29 is 47.7 Å². The molecule has 348 valence electrons. The Balaban J connectivity index is 0.634. The van der Waals surface area contributed by atoms with Crippen molar-refractivity contribution >= 4 is 75.4 Å². The van der Waals surface area contributed by atoms with E-state index in [0.717, 1.165) is 46.0 Å². The first-order valence-electron chi connectivity index (χ1n) is 21.7. The SMILES string of the molecule is C[C@@H](Oc1ccc2[nH]nc(-c3ccc(N4CC5(CN(C(=O)CCOCCOCCNC(=O)COc6cccc7c6C(=O)N(C6CCC(=O)NC6=O)C7=O)C5)C4)nc3)c2c1)c1c(Cl)cncc1Cl. The fraction of sp³-hybridized carbons (Fsp3) is 0.370. The summed E-state index contributed by atoms with van der Waals surface area (Å²) in [6.45, 7) is 5.65. The molecule has 7 heterocycles. The second-order valence-electron chi connectivity index (χ2n) is 16.8. The molecule has 1 unspecified atom stereocenters. The average Bonchev–Trinajstić information content (AvgIpc) is 3.81. The predicted octanol–water partition coefficient (Wildman–Crippen LogP) is 4.14. The van der Waals surface area contributed by atoms with Crippen molar-refractivity contribution in [3.05, 3.63) is 93.9 Å². The van der Waals surface area contributed by atoms with Crippen LogP contribution in [0.15, 0.2) is 67.1 Å². The number of nitrogens with zero attached hydrogens (tertiary/aromatic N) is 6. The number of benzene rings is 2. The monoisotopic (exact) mass is 953 g/mol. The minimum absolute atomic E-state index is 0.000772. The number of aromatic amines is 1. The van der Waals surface area contributed by atoms with Gasteiger partial charge in [0.1, 0.15) is 35.2 Å². The Morgan fingerprint density at radius 1 is 0.925 bits per heavy atom. The number of hydrogen-bond donors (Lipinski definition) is 3. The Morgan fingerprint density at radius 2 is 1.70 bits per heavy atom. The maximum Gasteiger partial charge on any atom is 0.266 e. The van der Waals surface area contributed by atoms with E-state index in [-0.39, 0.29) is 80.4 Å². The van der Waals surface area contributed by atoms with Crippen molar-refractivity contribution in [1.82, 2.24) is 40.6 Å². The number of halogens is 2. The van der Waals surface area contributed by atoms with Crippen molar-refractivity contribution in [2.45, 2.75) is 38.3 Å². The molecule has 5 aromatic rings. The third-order valence-electron chi connectivity index (χ3n) is 12.1. The molecule has 0 radical (unpaired) electrons. The van der Waals surface area contributed by atoms with E-state index in [1.54, 1.807) is 12.4 Å². The van der Waals surface area contributed by atoms with Crippen LogP contribution in [0.2, 0.25) is 10.0 Å². The summed E-state index contributed by atoms with van der Waals surface area (Å²) in [6, 6.07) is 13.0. The standard InChI is InChI=1S/C46H45Cl2N9O10/c1-26(40-31(47)19-49-20-32(40)48)67-28-6-7-33-30(17-28)42(54-53-33)27-5-9-36(51-18-27)55-22-46(23-55)24-56(25-46)39(60)11-13-64-15-16-65-14-12-50-38(59)21-66-35-4-2-3-29-41(35)45(63)57(44(29)62)34-8-10-37(58)52-43(34)61/h2-7,9,17-20,26,34H,8,10-16,21-25H2,1H3,(H,50,59)(H,53,54)(H,52,58,61)/t26-,34?/m1/s1. The number of imide groups is 2. The summed E-state index contributed by atoms with van der Waals surface area (Å²) in [4.78, 5) is 89.1. The minimum atomic E-state index is -1.11. The number of anilines is 1. The van der Waals surface area contributed by atoms with Gasteiger partial charge in [-0.15, -0.1) is 0 Å². The van der Waals surface area contributed by atoms with Gasteiger partial charge in [-0.3, -0.25) is 49.1 Å². The molecule has 19 nitrogen and oxygen atoms in total. The highest BCUT2D eigenvalue weighted by atomic mass is 35.5. The Hall–Kier alpha value is -6.67. The zero-order chi connectivity index (χ0) is 46.8. The largest absolute Gasteiger partial charge is 0.486 e.